The van der Waals surface area contributed by atoms with Crippen LogP contribution in [-0.2, 0) is 11.8 Å². The minimum atomic E-state index is -0.400. The van der Waals surface area contributed by atoms with Crippen LogP contribution in [0.3, 0.4) is 0 Å². The minimum absolute atomic E-state index is 0.0480. The van der Waals surface area contributed by atoms with Gasteiger partial charge in [-0.3, -0.25) is 0 Å². The number of allylic oxidation sites excluding steroid dienone is 11. The maximum Gasteiger partial charge on any atom is 0.163 e. The SMILES string of the molecule is C1=CC=CC(c2nc(C3=CC=CC3)nc(-c3ccc4c(c3)C3(C5=CC=CCC5c5c3ccc3c5Cc5ccc#cc5-3)c3ccccc3-4)n2)C=1. The lowest BCUT2D eigenvalue weighted by Crippen LogP contribution is -2.27. The fraction of sp³-hybridized carbons (Fsp3) is 0.130. The molecule has 0 radical (unpaired) electrons. The van der Waals surface area contributed by atoms with Crippen LogP contribution in [0.5, 0.6) is 0 Å². The Bertz CT molecular complexity index is 2530. The Labute approximate surface area is 285 Å². The second-order valence-electron chi connectivity index (χ2n) is 13.7. The van der Waals surface area contributed by atoms with Crippen LogP contribution in [0, 0.1) is 12.1 Å². The number of nitrogens with zero attached hydrogens (tertiary/aromatic N) is 3. The van der Waals surface area contributed by atoms with E-state index in [1.165, 1.54) is 61.2 Å². The Hall–Kier alpha value is -6.07. The van der Waals surface area contributed by atoms with Crippen molar-refractivity contribution in [1.29, 1.82) is 0 Å². The maximum atomic E-state index is 5.15. The van der Waals surface area contributed by atoms with Gasteiger partial charge in [0.1, 0.15) is 5.82 Å². The molecule has 11 rings (SSSR count). The zero-order chi connectivity index (χ0) is 32.1. The quantitative estimate of drug-likeness (QED) is 0.184. The third-order valence-electron chi connectivity index (χ3n) is 11.3. The van der Waals surface area contributed by atoms with Gasteiger partial charge in [-0.2, -0.15) is 0 Å². The maximum absolute atomic E-state index is 5.15. The first-order chi connectivity index (χ1) is 24.3. The second kappa shape index (κ2) is 9.97. The first kappa shape index (κ1) is 26.9. The van der Waals surface area contributed by atoms with Gasteiger partial charge < -0.3 is 0 Å². The molecule has 0 bridgehead atoms. The first-order valence-electron chi connectivity index (χ1n) is 17.2. The Morgan fingerprint density at radius 2 is 1.67 bits per heavy atom. The van der Waals surface area contributed by atoms with Gasteiger partial charge in [0.2, 0.25) is 0 Å². The van der Waals surface area contributed by atoms with Gasteiger partial charge in [0, 0.05) is 22.6 Å². The van der Waals surface area contributed by atoms with E-state index in [1.807, 2.05) is 24.3 Å². The third-order valence-corrected chi connectivity index (χ3v) is 11.3. The highest BCUT2D eigenvalue weighted by Crippen LogP contribution is 2.66. The molecule has 5 aromatic rings. The molecule has 3 heteroatoms. The summed E-state index contributed by atoms with van der Waals surface area (Å²) in [5.41, 5.74) is 20.0. The molecule has 228 valence electrons. The molecule has 6 aliphatic rings. The van der Waals surface area contributed by atoms with E-state index in [0.29, 0.717) is 11.7 Å². The summed E-state index contributed by atoms with van der Waals surface area (Å²) < 4.78 is 0. The number of fused-ring (bicyclic) bond motifs is 14. The standard InChI is InChI=1S/C46H29N3/c1-2-12-28(13-3-1)43-47-44(29-14-4-5-15-29)49-45(48-43)31-22-23-35-34-18-8-10-20-38(34)46(41(35)27-31)39-21-11-9-19-36(39)42-37-26-30-16-6-7-17-32(30)33(37)24-25-40(42)46/h1-2,4-6,8-14,16,18,20-25,27-28,36H,15,19,26H2. The summed E-state index contributed by atoms with van der Waals surface area (Å²) in [5, 5.41) is 0. The molecule has 0 fully saturated rings. The summed E-state index contributed by atoms with van der Waals surface area (Å²) in [6, 6.07) is 31.6. The molecule has 0 N–H and O–H groups in total. The van der Waals surface area contributed by atoms with E-state index in [-0.39, 0.29) is 5.92 Å². The van der Waals surface area contributed by atoms with Gasteiger partial charge in [0.15, 0.2) is 11.6 Å². The van der Waals surface area contributed by atoms with E-state index < -0.39 is 5.41 Å². The number of hydrogen-bond acceptors (Lipinski definition) is 3. The highest BCUT2D eigenvalue weighted by Gasteiger charge is 2.56. The smallest absolute Gasteiger partial charge is 0.163 e. The lowest BCUT2D eigenvalue weighted by molar-refractivity contribution is 0.707. The average molecular weight is 624 g/mol. The summed E-state index contributed by atoms with van der Waals surface area (Å²) in [7, 11) is 0. The van der Waals surface area contributed by atoms with Crippen molar-refractivity contribution in [3.05, 3.63) is 196 Å². The Balaban J connectivity index is 1.16. The van der Waals surface area contributed by atoms with Gasteiger partial charge in [-0.25, -0.2) is 15.0 Å². The van der Waals surface area contributed by atoms with Crippen LogP contribution in [-0.4, -0.2) is 15.0 Å². The van der Waals surface area contributed by atoms with Crippen molar-refractivity contribution < 1.29 is 0 Å². The molecule has 6 aliphatic carbocycles. The highest BCUT2D eigenvalue weighted by molar-refractivity contribution is 5.92. The zero-order valence-corrected chi connectivity index (χ0v) is 26.7. The summed E-state index contributed by atoms with van der Waals surface area (Å²) in [5.74, 6) is 2.47. The lowest BCUT2D eigenvalue weighted by Gasteiger charge is -2.33. The van der Waals surface area contributed by atoms with Crippen molar-refractivity contribution in [2.24, 2.45) is 0 Å². The minimum Gasteiger partial charge on any atom is -0.212 e. The van der Waals surface area contributed by atoms with E-state index in [1.54, 1.807) is 0 Å². The molecule has 3 atom stereocenters. The van der Waals surface area contributed by atoms with Crippen LogP contribution in [0.25, 0.3) is 39.2 Å². The predicted octanol–water partition coefficient (Wildman–Crippen LogP) is 9.72. The van der Waals surface area contributed by atoms with Gasteiger partial charge >= 0.3 is 0 Å². The topological polar surface area (TPSA) is 38.7 Å². The van der Waals surface area contributed by atoms with Crippen molar-refractivity contribution in [1.82, 2.24) is 15.0 Å². The molecule has 49 heavy (non-hydrogen) atoms. The molecular weight excluding hydrogens is 595 g/mol. The highest BCUT2D eigenvalue weighted by atomic mass is 15.0. The van der Waals surface area contributed by atoms with Crippen molar-refractivity contribution in [2.75, 3.05) is 0 Å². The lowest BCUT2D eigenvalue weighted by atomic mass is 9.68. The molecular formula is C46H29N3. The molecule has 0 saturated carbocycles. The number of aromatic nitrogens is 3. The van der Waals surface area contributed by atoms with Crippen LogP contribution in [0.15, 0.2) is 139 Å². The van der Waals surface area contributed by atoms with Gasteiger partial charge in [-0.05, 0) is 105 Å². The van der Waals surface area contributed by atoms with E-state index in [2.05, 4.69) is 121 Å². The number of hydrogen-bond donors (Lipinski definition) is 0. The molecule has 1 aromatic heterocycles. The fourth-order valence-corrected chi connectivity index (χ4v) is 9.31. The molecule has 3 nitrogen and oxygen atoms in total. The van der Waals surface area contributed by atoms with Crippen molar-refractivity contribution in [2.45, 2.75) is 36.5 Å². The monoisotopic (exact) mass is 623 g/mol. The van der Waals surface area contributed by atoms with Gasteiger partial charge in [0.25, 0.3) is 0 Å². The van der Waals surface area contributed by atoms with E-state index in [9.17, 15) is 0 Å². The predicted molar refractivity (Wildman–Crippen MR) is 194 cm³/mol. The van der Waals surface area contributed by atoms with Crippen molar-refractivity contribution in [3.8, 4) is 33.6 Å². The van der Waals surface area contributed by atoms with Crippen LogP contribution in [0.4, 0.5) is 0 Å². The zero-order valence-electron chi connectivity index (χ0n) is 26.7. The van der Waals surface area contributed by atoms with Gasteiger partial charge in [-0.1, -0.05) is 109 Å². The number of rotatable bonds is 3. The summed E-state index contributed by atoms with van der Waals surface area (Å²) in [6.07, 6.45) is 24.3. The normalized spacial score (nSPS) is 22.3. The van der Waals surface area contributed by atoms with Gasteiger partial charge in [-0.15, -0.1) is 5.73 Å². The van der Waals surface area contributed by atoms with Gasteiger partial charge in [0.05, 0.1) is 11.3 Å². The molecule has 0 aliphatic heterocycles. The van der Waals surface area contributed by atoms with Crippen LogP contribution >= 0.6 is 0 Å². The van der Waals surface area contributed by atoms with Crippen LogP contribution < -0.4 is 0 Å². The fourth-order valence-electron chi connectivity index (χ4n) is 9.31. The Morgan fingerprint density at radius 1 is 0.776 bits per heavy atom. The van der Waals surface area contributed by atoms with Crippen molar-refractivity contribution in [3.63, 3.8) is 0 Å². The van der Waals surface area contributed by atoms with E-state index >= 15 is 0 Å². The van der Waals surface area contributed by atoms with Crippen LogP contribution in [0.1, 0.15) is 69.7 Å². The van der Waals surface area contributed by atoms with E-state index in [0.717, 1.165) is 42.0 Å². The first-order valence-corrected chi connectivity index (χ1v) is 17.2. The molecule has 0 saturated heterocycles. The second-order valence-corrected chi connectivity index (χ2v) is 13.7. The molecule has 3 unspecified atom stereocenters. The third kappa shape index (κ3) is 3.62. The summed E-state index contributed by atoms with van der Waals surface area (Å²) in [4.78, 5) is 15.3. The summed E-state index contributed by atoms with van der Waals surface area (Å²) >= 11 is 0. The van der Waals surface area contributed by atoms with Crippen molar-refractivity contribution >= 4 is 5.57 Å². The molecule has 1 heterocycles. The molecule has 1 spiro atoms. The van der Waals surface area contributed by atoms with E-state index in [4.69, 9.17) is 15.0 Å². The molecule has 4 aromatic carbocycles. The Kier molecular flexibility index (Phi) is 5.48. The average Bonchev–Trinajstić information content (AvgIpc) is 3.95. The molecule has 0 amide bonds. The Morgan fingerprint density at radius 3 is 2.59 bits per heavy atom. The number of benzene rings is 3. The summed E-state index contributed by atoms with van der Waals surface area (Å²) in [6.45, 7) is 0. The largest absolute Gasteiger partial charge is 0.212 e. The van der Waals surface area contributed by atoms with Crippen LogP contribution in [0.2, 0.25) is 0 Å².